The van der Waals surface area contributed by atoms with Gasteiger partial charge in [-0.3, -0.25) is 4.99 Å². The Morgan fingerprint density at radius 1 is 1.26 bits per heavy atom. The lowest BCUT2D eigenvalue weighted by Gasteiger charge is -2.02. The average molecular weight is 363 g/mol. The molecule has 5 N–H and O–H groups in total. The number of hydrazone groups is 1. The van der Waals surface area contributed by atoms with E-state index in [1.807, 2.05) is 6.20 Å². The minimum absolute atomic E-state index is 0.249. The Labute approximate surface area is 158 Å². The fourth-order valence-corrected chi connectivity index (χ4v) is 2.96. The predicted octanol–water partition coefficient (Wildman–Crippen LogP) is 3.23. The van der Waals surface area contributed by atoms with Gasteiger partial charge >= 0.3 is 0 Å². The van der Waals surface area contributed by atoms with Crippen LogP contribution in [-0.2, 0) is 12.8 Å². The molecule has 140 valence electrons. The Bertz CT molecular complexity index is 970. The third-order valence-corrected chi connectivity index (χ3v) is 4.45. The van der Waals surface area contributed by atoms with E-state index in [0.717, 1.165) is 34.9 Å². The summed E-state index contributed by atoms with van der Waals surface area (Å²) >= 11 is 0. The zero-order valence-electron chi connectivity index (χ0n) is 15.7. The molecule has 0 saturated heterocycles. The topological polar surface area (TPSA) is 98.8 Å². The van der Waals surface area contributed by atoms with Crippen LogP contribution in [0.1, 0.15) is 29.2 Å². The summed E-state index contributed by atoms with van der Waals surface area (Å²) < 4.78 is 0. The normalized spacial score (nSPS) is 12.1. The minimum atomic E-state index is 0.249. The van der Waals surface area contributed by atoms with Crippen molar-refractivity contribution in [2.75, 3.05) is 6.54 Å². The van der Waals surface area contributed by atoms with E-state index < -0.39 is 0 Å². The van der Waals surface area contributed by atoms with Crippen molar-refractivity contribution in [1.82, 2.24) is 10.4 Å². The van der Waals surface area contributed by atoms with Gasteiger partial charge in [-0.15, -0.1) is 0 Å². The summed E-state index contributed by atoms with van der Waals surface area (Å²) in [6, 6.07) is 11.9. The molecule has 3 aromatic rings. The highest BCUT2D eigenvalue weighted by molar-refractivity contribution is 6.01. The summed E-state index contributed by atoms with van der Waals surface area (Å²) in [4.78, 5) is 7.52. The molecule has 0 unspecified atom stereocenters. The maximum Gasteiger partial charge on any atom is 0.209 e. The number of nitrogens with one attached hydrogen (secondary N) is 2. The summed E-state index contributed by atoms with van der Waals surface area (Å²) in [6.45, 7) is 4.72. The van der Waals surface area contributed by atoms with Crippen LogP contribution in [0.25, 0.3) is 10.9 Å². The van der Waals surface area contributed by atoms with Crippen LogP contribution in [0.3, 0.4) is 0 Å². The number of phenols is 1. The number of hydrogen-bond acceptors (Lipinski definition) is 3. The van der Waals surface area contributed by atoms with Gasteiger partial charge in [-0.25, -0.2) is 5.43 Å². The van der Waals surface area contributed by atoms with Crippen LogP contribution in [0, 0.1) is 6.92 Å². The van der Waals surface area contributed by atoms with Gasteiger partial charge in [-0.1, -0.05) is 36.8 Å². The number of aromatic amines is 1. The molecule has 0 spiro atoms. The van der Waals surface area contributed by atoms with Crippen molar-refractivity contribution >= 4 is 23.1 Å². The molecule has 3 rings (SSSR count). The third kappa shape index (κ3) is 4.67. The Balaban J connectivity index is 1.60. The second-order valence-corrected chi connectivity index (χ2v) is 6.50. The minimum Gasteiger partial charge on any atom is -0.508 e. The van der Waals surface area contributed by atoms with E-state index in [-0.39, 0.29) is 11.7 Å². The lowest BCUT2D eigenvalue weighted by atomic mass is 10.1. The molecule has 0 amide bonds. The van der Waals surface area contributed by atoms with Gasteiger partial charge in [0.2, 0.25) is 5.96 Å². The molecule has 1 aromatic heterocycles. The lowest BCUT2D eigenvalue weighted by molar-refractivity contribution is 0.475. The van der Waals surface area contributed by atoms with Crippen LogP contribution >= 0.6 is 0 Å². The molecule has 0 atom stereocenters. The summed E-state index contributed by atoms with van der Waals surface area (Å²) in [6.07, 6.45) is 5.19. The van der Waals surface area contributed by atoms with E-state index >= 15 is 0 Å². The highest BCUT2D eigenvalue weighted by atomic mass is 16.3. The maximum absolute atomic E-state index is 9.89. The number of aliphatic imine (C=N–C) groups is 1. The number of nitrogens with two attached hydrogens (primary N) is 1. The molecular weight excluding hydrogens is 338 g/mol. The molecule has 0 aliphatic carbocycles. The molecule has 27 heavy (non-hydrogen) atoms. The van der Waals surface area contributed by atoms with Crippen molar-refractivity contribution in [3.63, 3.8) is 0 Å². The number of aryl methyl sites for hydroxylation is 2. The molecule has 0 fully saturated rings. The van der Waals surface area contributed by atoms with Gasteiger partial charge in [0.05, 0.1) is 6.21 Å². The molecular formula is C21H25N5O. The molecule has 0 aliphatic rings. The van der Waals surface area contributed by atoms with Crippen molar-refractivity contribution in [1.29, 1.82) is 0 Å². The van der Waals surface area contributed by atoms with E-state index in [4.69, 9.17) is 5.73 Å². The molecule has 0 aliphatic heterocycles. The fourth-order valence-electron chi connectivity index (χ4n) is 2.96. The number of benzene rings is 2. The summed E-state index contributed by atoms with van der Waals surface area (Å²) in [5.74, 6) is 0.522. The van der Waals surface area contributed by atoms with Gasteiger partial charge in [-0.05, 0) is 43.0 Å². The van der Waals surface area contributed by atoms with E-state index in [1.165, 1.54) is 11.1 Å². The van der Waals surface area contributed by atoms with E-state index in [9.17, 15) is 5.11 Å². The Morgan fingerprint density at radius 3 is 2.78 bits per heavy atom. The Kier molecular flexibility index (Phi) is 5.76. The van der Waals surface area contributed by atoms with Crippen LogP contribution in [-0.4, -0.2) is 28.8 Å². The van der Waals surface area contributed by atoms with Crippen molar-refractivity contribution in [3.8, 4) is 5.75 Å². The number of hydrogen-bond donors (Lipinski definition) is 4. The molecule has 0 saturated carbocycles. The van der Waals surface area contributed by atoms with Gasteiger partial charge in [-0.2, -0.15) is 5.10 Å². The molecule has 1 heterocycles. The predicted molar refractivity (Wildman–Crippen MR) is 111 cm³/mol. The second kappa shape index (κ2) is 8.40. The number of fused-ring (bicyclic) bond motifs is 1. The number of guanidine groups is 1. The molecule has 0 bridgehead atoms. The van der Waals surface area contributed by atoms with Gasteiger partial charge in [0, 0.05) is 29.2 Å². The van der Waals surface area contributed by atoms with E-state index in [2.05, 4.69) is 58.6 Å². The van der Waals surface area contributed by atoms with Crippen molar-refractivity contribution in [2.24, 2.45) is 15.8 Å². The number of aromatic nitrogens is 1. The number of aromatic hydroxyl groups is 1. The fraction of sp³-hybridized carbons (Fsp3) is 0.238. The van der Waals surface area contributed by atoms with Crippen LogP contribution < -0.4 is 11.2 Å². The SMILES string of the molecule is CCc1cc(O)cc2c(/C=N/NC(N)=NCCc3ccc(C)cc3)c[nH]c12. The molecule has 2 aromatic carbocycles. The summed E-state index contributed by atoms with van der Waals surface area (Å²) in [7, 11) is 0. The third-order valence-electron chi connectivity index (χ3n) is 4.45. The van der Waals surface area contributed by atoms with Gasteiger partial charge in [0.1, 0.15) is 5.75 Å². The molecule has 6 heteroatoms. The number of H-pyrrole nitrogens is 1. The molecule has 0 radical (unpaired) electrons. The zero-order chi connectivity index (χ0) is 19.2. The van der Waals surface area contributed by atoms with Crippen LogP contribution in [0.4, 0.5) is 0 Å². The summed E-state index contributed by atoms with van der Waals surface area (Å²) in [5, 5.41) is 15.0. The first-order valence-corrected chi connectivity index (χ1v) is 9.04. The smallest absolute Gasteiger partial charge is 0.209 e. The van der Waals surface area contributed by atoms with Crippen LogP contribution in [0.15, 0.2) is 52.7 Å². The van der Waals surface area contributed by atoms with Crippen molar-refractivity contribution in [3.05, 3.63) is 64.8 Å². The highest BCUT2D eigenvalue weighted by Crippen LogP contribution is 2.26. The van der Waals surface area contributed by atoms with Crippen molar-refractivity contribution in [2.45, 2.75) is 26.7 Å². The van der Waals surface area contributed by atoms with Gasteiger partial charge in [0.15, 0.2) is 0 Å². The highest BCUT2D eigenvalue weighted by Gasteiger charge is 2.07. The Morgan fingerprint density at radius 2 is 2.04 bits per heavy atom. The monoisotopic (exact) mass is 363 g/mol. The van der Waals surface area contributed by atoms with Gasteiger partial charge < -0.3 is 15.8 Å². The maximum atomic E-state index is 9.89. The largest absolute Gasteiger partial charge is 0.508 e. The zero-order valence-corrected chi connectivity index (χ0v) is 15.7. The number of nitrogens with zero attached hydrogens (tertiary/aromatic N) is 2. The second-order valence-electron chi connectivity index (χ2n) is 6.50. The van der Waals surface area contributed by atoms with Crippen molar-refractivity contribution < 1.29 is 5.11 Å². The Hall–Kier alpha value is -3.28. The average Bonchev–Trinajstić information content (AvgIpc) is 3.05. The first-order chi connectivity index (χ1) is 13.1. The van der Waals surface area contributed by atoms with Crippen LogP contribution in [0.5, 0.6) is 5.75 Å². The quantitative estimate of drug-likeness (QED) is 0.307. The van der Waals surface area contributed by atoms with Gasteiger partial charge in [0.25, 0.3) is 0 Å². The standard InChI is InChI=1S/C21H25N5O/c1-3-16-10-18(27)11-19-17(12-24-20(16)19)13-25-26-21(22)23-9-8-15-6-4-14(2)5-7-15/h4-7,10-13,24,27H,3,8-9H2,1-2H3,(H3,22,23,26)/b25-13+. The number of phenolic OH excluding ortho intramolecular Hbond substituents is 1. The van der Waals surface area contributed by atoms with E-state index in [0.29, 0.717) is 6.54 Å². The van der Waals surface area contributed by atoms with E-state index in [1.54, 1.807) is 18.3 Å². The first-order valence-electron chi connectivity index (χ1n) is 9.04. The first kappa shape index (κ1) is 18.5. The van der Waals surface area contributed by atoms with Crippen LogP contribution in [0.2, 0.25) is 0 Å². The lowest BCUT2D eigenvalue weighted by Crippen LogP contribution is -2.27. The summed E-state index contributed by atoms with van der Waals surface area (Å²) in [5.41, 5.74) is 14.0. The number of rotatable bonds is 6. The molecule has 6 nitrogen and oxygen atoms in total.